The van der Waals surface area contributed by atoms with E-state index in [4.69, 9.17) is 16.3 Å². The predicted octanol–water partition coefficient (Wildman–Crippen LogP) is 2.37. The van der Waals surface area contributed by atoms with Crippen molar-refractivity contribution in [3.05, 3.63) is 80.1 Å². The molecule has 1 N–H and O–H groups in total. The summed E-state index contributed by atoms with van der Waals surface area (Å²) >= 11 is 6.05. The summed E-state index contributed by atoms with van der Waals surface area (Å²) in [7, 11) is -10.0. The fourth-order valence-corrected chi connectivity index (χ4v) is 7.02. The molecule has 3 aliphatic rings. The Morgan fingerprint density at radius 1 is 0.973 bits per heavy atom. The van der Waals surface area contributed by atoms with Crippen molar-refractivity contribution in [3.8, 4) is 11.5 Å². The van der Waals surface area contributed by atoms with Crippen molar-refractivity contribution >= 4 is 37.4 Å². The lowest BCUT2D eigenvalue weighted by atomic mass is 9.87. The summed E-state index contributed by atoms with van der Waals surface area (Å²) in [6, 6.07) is 7.38. The van der Waals surface area contributed by atoms with Crippen LogP contribution in [-0.4, -0.2) is 39.0 Å². The smallest absolute Gasteiger partial charge is 0.294 e. The van der Waals surface area contributed by atoms with Crippen molar-refractivity contribution in [2.45, 2.75) is 35.5 Å². The van der Waals surface area contributed by atoms with Crippen molar-refractivity contribution in [1.82, 2.24) is 4.58 Å². The Balaban J connectivity index is 1.82. The van der Waals surface area contributed by atoms with E-state index in [0.717, 1.165) is 61.0 Å². The maximum Gasteiger partial charge on any atom is 0.294 e. The number of halogens is 2. The SMILES string of the molecule is O=S(=O)([O-])c1cc(S(=O)(=O)O)ccc1C1=c2cc3c4c(c2Oc2c1ccc(Cl)c2F)CCC[N+]=4CCC3. The van der Waals surface area contributed by atoms with Crippen molar-refractivity contribution in [1.29, 1.82) is 0 Å². The van der Waals surface area contributed by atoms with Gasteiger partial charge in [0.2, 0.25) is 5.36 Å². The summed E-state index contributed by atoms with van der Waals surface area (Å²) in [5.41, 5.74) is 2.12. The van der Waals surface area contributed by atoms with Gasteiger partial charge < -0.3 is 9.29 Å². The van der Waals surface area contributed by atoms with Crippen LogP contribution in [0.5, 0.6) is 11.5 Å². The van der Waals surface area contributed by atoms with Crippen LogP contribution in [0.15, 0.2) is 46.2 Å². The van der Waals surface area contributed by atoms with Crippen LogP contribution in [0.3, 0.4) is 0 Å². The number of nitrogens with zero attached hydrogens (tertiary/aromatic N) is 1. The summed E-state index contributed by atoms with van der Waals surface area (Å²) < 4.78 is 93.7. The molecule has 6 rings (SSSR count). The third-order valence-corrected chi connectivity index (χ3v) is 9.07. The minimum Gasteiger partial charge on any atom is -0.744 e. The molecule has 0 unspecified atom stereocenters. The Bertz CT molecular complexity index is 1880. The maximum absolute atomic E-state index is 15.3. The molecule has 0 aromatic heterocycles. The zero-order valence-electron chi connectivity index (χ0n) is 19.1. The van der Waals surface area contributed by atoms with Crippen LogP contribution >= 0.6 is 11.6 Å². The van der Waals surface area contributed by atoms with Gasteiger partial charge in [-0.25, -0.2) is 17.4 Å². The number of benzene rings is 3. The third-order valence-electron chi connectivity index (χ3n) is 7.05. The Hall–Kier alpha value is -2.83. The molecule has 0 fully saturated rings. The van der Waals surface area contributed by atoms with Gasteiger partial charge in [0.25, 0.3) is 10.1 Å². The largest absolute Gasteiger partial charge is 0.744 e. The number of fused-ring (bicyclic) bond motifs is 3. The molecule has 8 nitrogen and oxygen atoms in total. The van der Waals surface area contributed by atoms with Gasteiger partial charge in [0.1, 0.15) is 29.0 Å². The van der Waals surface area contributed by atoms with E-state index in [9.17, 15) is 25.9 Å². The average molecular weight is 564 g/mol. The Kier molecular flexibility index (Phi) is 5.52. The minimum absolute atomic E-state index is 0.134. The molecule has 0 saturated heterocycles. The monoisotopic (exact) mass is 563 g/mol. The van der Waals surface area contributed by atoms with Crippen LogP contribution < -0.4 is 19.9 Å². The zero-order chi connectivity index (χ0) is 26.3. The molecule has 3 heterocycles. The molecule has 0 amide bonds. The van der Waals surface area contributed by atoms with Crippen molar-refractivity contribution in [3.63, 3.8) is 0 Å². The quantitative estimate of drug-likeness (QED) is 0.300. The second kappa shape index (κ2) is 8.34. The van der Waals surface area contributed by atoms with E-state index in [1.165, 1.54) is 12.1 Å². The van der Waals surface area contributed by atoms with Crippen LogP contribution in [0.2, 0.25) is 5.02 Å². The van der Waals surface area contributed by atoms with Crippen molar-refractivity contribution in [2.75, 3.05) is 13.1 Å². The highest BCUT2D eigenvalue weighted by Crippen LogP contribution is 2.43. The summed E-state index contributed by atoms with van der Waals surface area (Å²) in [6.07, 6.45) is 3.19. The molecule has 0 radical (unpaired) electrons. The molecular weight excluding hydrogens is 545 g/mol. The van der Waals surface area contributed by atoms with Crippen LogP contribution in [0.1, 0.15) is 35.1 Å². The summed E-state index contributed by atoms with van der Waals surface area (Å²) in [6.45, 7) is 1.75. The lowest BCUT2D eigenvalue weighted by Gasteiger charge is -2.27. The van der Waals surface area contributed by atoms with E-state index in [2.05, 4.69) is 4.58 Å². The van der Waals surface area contributed by atoms with Gasteiger partial charge in [-0.05, 0) is 43.2 Å². The third kappa shape index (κ3) is 3.88. The Morgan fingerprint density at radius 3 is 2.38 bits per heavy atom. The van der Waals surface area contributed by atoms with Gasteiger partial charge in [0, 0.05) is 40.3 Å². The number of hydrogen-bond acceptors (Lipinski definition) is 6. The molecular formula is C25H19ClFNO7S2. The van der Waals surface area contributed by atoms with E-state index >= 15 is 4.39 Å². The Labute approximate surface area is 216 Å². The van der Waals surface area contributed by atoms with Gasteiger partial charge in [-0.2, -0.15) is 8.42 Å². The van der Waals surface area contributed by atoms with Crippen LogP contribution in [0, 0.1) is 5.82 Å². The first-order chi connectivity index (χ1) is 17.4. The molecule has 3 aliphatic heterocycles. The van der Waals surface area contributed by atoms with Gasteiger partial charge in [0.05, 0.1) is 20.4 Å². The van der Waals surface area contributed by atoms with Crippen LogP contribution in [0.25, 0.3) is 5.57 Å². The molecule has 3 aromatic rings. The molecule has 37 heavy (non-hydrogen) atoms. The molecule has 0 bridgehead atoms. The normalized spacial score (nSPS) is 16.5. The lowest BCUT2D eigenvalue weighted by molar-refractivity contribution is 0.414. The summed E-state index contributed by atoms with van der Waals surface area (Å²) in [5, 5.41) is 1.30. The molecule has 0 saturated carbocycles. The van der Waals surface area contributed by atoms with E-state index < -0.39 is 35.8 Å². The van der Waals surface area contributed by atoms with Gasteiger partial charge in [-0.15, -0.1) is 0 Å². The first-order valence-electron chi connectivity index (χ1n) is 11.5. The minimum atomic E-state index is -5.23. The summed E-state index contributed by atoms with van der Waals surface area (Å²) in [4.78, 5) is -1.61. The maximum atomic E-state index is 15.3. The number of aryl methyl sites for hydroxylation is 1. The van der Waals surface area contributed by atoms with Gasteiger partial charge in [-0.3, -0.25) is 4.55 Å². The molecule has 0 spiro atoms. The van der Waals surface area contributed by atoms with Crippen LogP contribution in [0.4, 0.5) is 4.39 Å². The average Bonchev–Trinajstić information content (AvgIpc) is 2.84. The highest BCUT2D eigenvalue weighted by atomic mass is 35.5. The first-order valence-corrected chi connectivity index (χ1v) is 14.7. The van der Waals surface area contributed by atoms with E-state index in [1.54, 1.807) is 0 Å². The standard InChI is InChI=1S/C25H19ClFNO7S2/c26-19-8-7-16-21(15-6-5-14(36(29,30)31)12-20(15)37(32,33)34)18-11-13-3-1-9-28-10-2-4-17(23(13)28)24(18)35-25(16)22(19)27/h5-8,11-12H,1-4,9-10H2,(H-,29,30,31,32,33,34). The van der Waals surface area contributed by atoms with Crippen molar-refractivity contribution in [2.24, 2.45) is 0 Å². The number of ether oxygens (including phenoxy) is 1. The van der Waals surface area contributed by atoms with Gasteiger partial charge >= 0.3 is 0 Å². The van der Waals surface area contributed by atoms with E-state index in [0.29, 0.717) is 23.5 Å². The molecule has 192 valence electrons. The topological polar surface area (TPSA) is 124 Å². The van der Waals surface area contributed by atoms with Gasteiger partial charge in [0.15, 0.2) is 11.6 Å². The van der Waals surface area contributed by atoms with Crippen LogP contribution in [-0.2, 0) is 33.1 Å². The highest BCUT2D eigenvalue weighted by molar-refractivity contribution is 7.86. The molecule has 12 heteroatoms. The Morgan fingerprint density at radius 2 is 1.68 bits per heavy atom. The fraction of sp³-hybridized carbons (Fsp3) is 0.240. The van der Waals surface area contributed by atoms with Gasteiger partial charge in [-0.1, -0.05) is 17.7 Å². The molecule has 0 atom stereocenters. The first kappa shape index (κ1) is 24.5. The van der Waals surface area contributed by atoms with E-state index in [1.807, 2.05) is 6.07 Å². The van der Waals surface area contributed by atoms with E-state index in [-0.39, 0.29) is 27.5 Å². The highest BCUT2D eigenvalue weighted by Gasteiger charge is 2.33. The molecule has 3 aromatic carbocycles. The second-order valence-electron chi connectivity index (χ2n) is 9.24. The molecule has 0 aliphatic carbocycles. The van der Waals surface area contributed by atoms with Crippen molar-refractivity contribution < 1.29 is 35.1 Å². The fourth-order valence-electron chi connectivity index (χ4n) is 5.58. The lowest BCUT2D eigenvalue weighted by Crippen LogP contribution is -2.45. The summed E-state index contributed by atoms with van der Waals surface area (Å²) in [5.74, 6) is -0.713. The zero-order valence-corrected chi connectivity index (χ0v) is 21.5. The second-order valence-corrected chi connectivity index (χ2v) is 12.4. The number of rotatable bonds is 3. The predicted molar refractivity (Wildman–Crippen MR) is 131 cm³/mol. The number of hydrogen-bond donors (Lipinski definition) is 1.